The summed E-state index contributed by atoms with van der Waals surface area (Å²) >= 11 is 0. The molecule has 0 aromatic rings. The van der Waals surface area contributed by atoms with Gasteiger partial charge in [0.15, 0.2) is 6.29 Å². The first-order chi connectivity index (χ1) is 8.33. The monoisotopic (exact) mass is 242 g/mol. The van der Waals surface area contributed by atoms with Crippen LogP contribution in [-0.2, 0) is 4.74 Å². The highest BCUT2D eigenvalue weighted by Gasteiger charge is 2.19. The summed E-state index contributed by atoms with van der Waals surface area (Å²) in [5.74, 6) is 0. The average molecular weight is 242 g/mol. The van der Waals surface area contributed by atoms with Gasteiger partial charge in [0.1, 0.15) is 0 Å². The van der Waals surface area contributed by atoms with Crippen molar-refractivity contribution in [1.82, 2.24) is 0 Å². The van der Waals surface area contributed by atoms with E-state index in [-0.39, 0.29) is 0 Å². The molecule has 0 aromatic heterocycles. The second-order valence-electron chi connectivity index (χ2n) is 5.41. The lowest BCUT2D eigenvalue weighted by molar-refractivity contribution is -0.164. The van der Waals surface area contributed by atoms with Crippen LogP contribution in [0.4, 0.5) is 0 Å². The zero-order chi connectivity index (χ0) is 12.3. The zero-order valence-corrected chi connectivity index (χ0v) is 11.5. The van der Waals surface area contributed by atoms with Gasteiger partial charge in [0.2, 0.25) is 0 Å². The van der Waals surface area contributed by atoms with E-state index in [1.165, 1.54) is 51.4 Å². The molecule has 0 bridgehead atoms. The van der Waals surface area contributed by atoms with E-state index in [1.807, 2.05) is 0 Å². The fraction of sp³-hybridized carbons (Fsp3) is 1.00. The van der Waals surface area contributed by atoms with Crippen LogP contribution in [-0.4, -0.2) is 17.5 Å². The standard InChI is InChI=1S/C15H30O2/c1-2-3-4-5-6-7-8-9-11-14-12-10-13-15(16)17-14/h14-16H,2-13H2,1H3. The van der Waals surface area contributed by atoms with E-state index in [1.54, 1.807) is 0 Å². The van der Waals surface area contributed by atoms with Crippen molar-refractivity contribution in [2.75, 3.05) is 0 Å². The predicted molar refractivity (Wildman–Crippen MR) is 72.0 cm³/mol. The molecule has 1 aliphatic rings. The van der Waals surface area contributed by atoms with Gasteiger partial charge in [-0.1, -0.05) is 58.3 Å². The summed E-state index contributed by atoms with van der Waals surface area (Å²) in [4.78, 5) is 0. The van der Waals surface area contributed by atoms with Gasteiger partial charge >= 0.3 is 0 Å². The molecular formula is C15H30O2. The molecule has 1 heterocycles. The maximum atomic E-state index is 9.38. The molecule has 2 atom stereocenters. The molecule has 2 heteroatoms. The van der Waals surface area contributed by atoms with Crippen LogP contribution in [0.25, 0.3) is 0 Å². The molecule has 0 spiro atoms. The third-order valence-corrected chi connectivity index (χ3v) is 3.71. The van der Waals surface area contributed by atoms with Crippen LogP contribution in [0.1, 0.15) is 84.0 Å². The number of aliphatic hydroxyl groups is 1. The molecule has 1 rings (SSSR count). The van der Waals surface area contributed by atoms with Gasteiger partial charge in [-0.05, 0) is 25.7 Å². The Kier molecular flexibility index (Phi) is 8.72. The number of unbranched alkanes of at least 4 members (excludes halogenated alkanes) is 7. The van der Waals surface area contributed by atoms with Crippen molar-refractivity contribution in [1.29, 1.82) is 0 Å². The van der Waals surface area contributed by atoms with Crippen molar-refractivity contribution < 1.29 is 9.84 Å². The SMILES string of the molecule is CCCCCCCCCCC1CCCC(O)O1. The van der Waals surface area contributed by atoms with Crippen molar-refractivity contribution in [2.24, 2.45) is 0 Å². The minimum atomic E-state index is -0.484. The first-order valence-electron chi connectivity index (χ1n) is 7.66. The highest BCUT2D eigenvalue weighted by Crippen LogP contribution is 2.22. The first kappa shape index (κ1) is 15.0. The quantitative estimate of drug-likeness (QED) is 0.607. The van der Waals surface area contributed by atoms with Gasteiger partial charge in [-0.15, -0.1) is 0 Å². The first-order valence-corrected chi connectivity index (χ1v) is 7.66. The second kappa shape index (κ2) is 9.90. The minimum Gasteiger partial charge on any atom is -0.368 e. The number of rotatable bonds is 9. The van der Waals surface area contributed by atoms with Crippen LogP contribution >= 0.6 is 0 Å². The highest BCUT2D eigenvalue weighted by molar-refractivity contribution is 4.65. The lowest BCUT2D eigenvalue weighted by Crippen LogP contribution is -2.27. The van der Waals surface area contributed by atoms with Crippen molar-refractivity contribution in [2.45, 2.75) is 96.4 Å². The van der Waals surface area contributed by atoms with Crippen LogP contribution in [0.2, 0.25) is 0 Å². The normalized spacial score (nSPS) is 25.1. The summed E-state index contributed by atoms with van der Waals surface area (Å²) < 4.78 is 5.50. The van der Waals surface area contributed by atoms with Crippen LogP contribution < -0.4 is 0 Å². The summed E-state index contributed by atoms with van der Waals surface area (Å²) in [5.41, 5.74) is 0. The number of ether oxygens (including phenoxy) is 1. The Morgan fingerprint density at radius 1 is 0.941 bits per heavy atom. The van der Waals surface area contributed by atoms with Gasteiger partial charge in [0, 0.05) is 0 Å². The van der Waals surface area contributed by atoms with Crippen molar-refractivity contribution in [3.05, 3.63) is 0 Å². The Morgan fingerprint density at radius 3 is 2.24 bits per heavy atom. The molecule has 0 saturated carbocycles. The van der Waals surface area contributed by atoms with E-state index in [9.17, 15) is 5.11 Å². The third-order valence-electron chi connectivity index (χ3n) is 3.71. The van der Waals surface area contributed by atoms with Gasteiger partial charge in [0.05, 0.1) is 6.10 Å². The summed E-state index contributed by atoms with van der Waals surface area (Å²) in [5, 5.41) is 9.38. The fourth-order valence-electron chi connectivity index (χ4n) is 2.60. The largest absolute Gasteiger partial charge is 0.368 e. The Morgan fingerprint density at radius 2 is 1.59 bits per heavy atom. The summed E-state index contributed by atoms with van der Waals surface area (Å²) in [6.45, 7) is 2.26. The third kappa shape index (κ3) is 7.77. The smallest absolute Gasteiger partial charge is 0.154 e. The van der Waals surface area contributed by atoms with Gasteiger partial charge in [-0.3, -0.25) is 0 Å². The maximum absolute atomic E-state index is 9.38. The molecule has 1 aliphatic heterocycles. The van der Waals surface area contributed by atoms with E-state index in [0.717, 1.165) is 25.7 Å². The number of hydrogen-bond donors (Lipinski definition) is 1. The minimum absolute atomic E-state index is 0.332. The Balaban J connectivity index is 1.83. The van der Waals surface area contributed by atoms with Gasteiger partial charge in [0.25, 0.3) is 0 Å². The molecule has 2 nitrogen and oxygen atoms in total. The van der Waals surface area contributed by atoms with Crippen molar-refractivity contribution in [3.63, 3.8) is 0 Å². The van der Waals surface area contributed by atoms with E-state index < -0.39 is 6.29 Å². The summed E-state index contributed by atoms with van der Waals surface area (Å²) in [6.07, 6.45) is 15.0. The van der Waals surface area contributed by atoms with E-state index in [0.29, 0.717) is 6.10 Å². The number of aliphatic hydroxyl groups excluding tert-OH is 1. The molecule has 1 saturated heterocycles. The highest BCUT2D eigenvalue weighted by atomic mass is 16.6. The average Bonchev–Trinajstić information content (AvgIpc) is 2.33. The molecule has 2 unspecified atom stereocenters. The zero-order valence-electron chi connectivity index (χ0n) is 11.5. The van der Waals surface area contributed by atoms with Gasteiger partial charge < -0.3 is 9.84 Å². The summed E-state index contributed by atoms with van der Waals surface area (Å²) in [6, 6.07) is 0. The Bertz CT molecular complexity index is 170. The molecule has 1 fully saturated rings. The van der Waals surface area contributed by atoms with Crippen LogP contribution in [0.15, 0.2) is 0 Å². The van der Waals surface area contributed by atoms with E-state index in [4.69, 9.17) is 4.74 Å². The molecule has 102 valence electrons. The molecule has 0 aliphatic carbocycles. The lowest BCUT2D eigenvalue weighted by atomic mass is 10.0. The molecular weight excluding hydrogens is 212 g/mol. The van der Waals surface area contributed by atoms with Crippen molar-refractivity contribution in [3.8, 4) is 0 Å². The second-order valence-corrected chi connectivity index (χ2v) is 5.41. The van der Waals surface area contributed by atoms with E-state index in [2.05, 4.69) is 6.92 Å². The maximum Gasteiger partial charge on any atom is 0.154 e. The summed E-state index contributed by atoms with van der Waals surface area (Å²) in [7, 11) is 0. The van der Waals surface area contributed by atoms with E-state index >= 15 is 0 Å². The fourth-order valence-corrected chi connectivity index (χ4v) is 2.60. The number of hydrogen-bond acceptors (Lipinski definition) is 2. The predicted octanol–water partition coefficient (Wildman–Crippen LogP) is 4.40. The lowest BCUT2D eigenvalue weighted by Gasteiger charge is -2.26. The molecule has 0 radical (unpaired) electrons. The topological polar surface area (TPSA) is 29.5 Å². The Labute approximate surface area is 107 Å². The van der Waals surface area contributed by atoms with Crippen LogP contribution in [0.3, 0.4) is 0 Å². The molecule has 17 heavy (non-hydrogen) atoms. The molecule has 1 N–H and O–H groups in total. The van der Waals surface area contributed by atoms with Gasteiger partial charge in [-0.2, -0.15) is 0 Å². The van der Waals surface area contributed by atoms with Crippen LogP contribution in [0.5, 0.6) is 0 Å². The van der Waals surface area contributed by atoms with Gasteiger partial charge in [-0.25, -0.2) is 0 Å². The van der Waals surface area contributed by atoms with Crippen LogP contribution in [0, 0.1) is 0 Å². The molecule has 0 aromatic carbocycles. The Hall–Kier alpha value is -0.0800. The van der Waals surface area contributed by atoms with Crippen molar-refractivity contribution >= 4 is 0 Å². The molecule has 0 amide bonds.